The molecule has 0 heterocycles. The van der Waals surface area contributed by atoms with Crippen LogP contribution in [0.2, 0.25) is 0 Å². The Morgan fingerprint density at radius 1 is 1.10 bits per heavy atom. The molecular weight excluding hydrogens is 491 g/mol. The van der Waals surface area contributed by atoms with Gasteiger partial charge in [-0.05, 0) is 48.7 Å². The molecule has 2 aromatic rings. The van der Waals surface area contributed by atoms with Crippen LogP contribution >= 0.6 is 24.0 Å². The number of carbonyl (C=O) groups is 1. The van der Waals surface area contributed by atoms with Crippen LogP contribution in [0.25, 0.3) is 0 Å². The number of aliphatic imine (C=N–C) groups is 1. The molecule has 0 aliphatic heterocycles. The Labute approximate surface area is 197 Å². The van der Waals surface area contributed by atoms with Gasteiger partial charge in [0.1, 0.15) is 5.75 Å². The second-order valence-corrected chi connectivity index (χ2v) is 7.08. The van der Waals surface area contributed by atoms with Crippen LogP contribution in [0.1, 0.15) is 41.8 Å². The van der Waals surface area contributed by atoms with Gasteiger partial charge in [-0.2, -0.15) is 0 Å². The standard InChI is InChI=1S/C23H32N4O2.HI/c1-6-17(2)26-22(28)20-11-7-18(8-12-20)15-25-23(24-3)27(4)16-19-9-13-21(29-5)14-10-19;/h7-14,17H,6,15-16H2,1-5H3,(H,24,25)(H,26,28);1H. The maximum atomic E-state index is 12.2. The highest BCUT2D eigenvalue weighted by Crippen LogP contribution is 2.13. The Morgan fingerprint density at radius 2 is 1.70 bits per heavy atom. The van der Waals surface area contributed by atoms with E-state index in [0.29, 0.717) is 12.1 Å². The number of hydrogen-bond acceptors (Lipinski definition) is 3. The number of benzene rings is 2. The molecule has 6 nitrogen and oxygen atoms in total. The highest BCUT2D eigenvalue weighted by Gasteiger charge is 2.09. The van der Waals surface area contributed by atoms with Gasteiger partial charge in [0.25, 0.3) is 5.91 Å². The third kappa shape index (κ3) is 7.85. The third-order valence-corrected chi connectivity index (χ3v) is 4.81. The quantitative estimate of drug-likeness (QED) is 0.311. The van der Waals surface area contributed by atoms with Crippen molar-refractivity contribution in [3.05, 3.63) is 65.2 Å². The van der Waals surface area contributed by atoms with Crippen LogP contribution in [0.3, 0.4) is 0 Å². The molecule has 2 N–H and O–H groups in total. The van der Waals surface area contributed by atoms with Gasteiger partial charge in [-0.1, -0.05) is 31.2 Å². The van der Waals surface area contributed by atoms with Gasteiger partial charge < -0.3 is 20.3 Å². The van der Waals surface area contributed by atoms with E-state index >= 15 is 0 Å². The van der Waals surface area contributed by atoms with Crippen molar-refractivity contribution in [3.63, 3.8) is 0 Å². The zero-order valence-electron chi connectivity index (χ0n) is 18.4. The summed E-state index contributed by atoms with van der Waals surface area (Å²) in [6.45, 7) is 5.42. The Morgan fingerprint density at radius 3 is 2.23 bits per heavy atom. The topological polar surface area (TPSA) is 66.0 Å². The summed E-state index contributed by atoms with van der Waals surface area (Å²) in [6, 6.07) is 15.8. The molecule has 0 fully saturated rings. The number of carbonyl (C=O) groups excluding carboxylic acids is 1. The molecule has 0 aliphatic carbocycles. The molecule has 0 bridgehead atoms. The van der Waals surface area contributed by atoms with Gasteiger partial charge in [0.2, 0.25) is 0 Å². The van der Waals surface area contributed by atoms with Crippen molar-refractivity contribution >= 4 is 35.8 Å². The molecule has 0 radical (unpaired) electrons. The lowest BCUT2D eigenvalue weighted by molar-refractivity contribution is 0.0939. The Hall–Kier alpha value is -2.29. The van der Waals surface area contributed by atoms with Crippen molar-refractivity contribution in [1.29, 1.82) is 0 Å². The zero-order valence-corrected chi connectivity index (χ0v) is 20.8. The maximum absolute atomic E-state index is 12.2. The number of nitrogens with one attached hydrogen (secondary N) is 2. The summed E-state index contributed by atoms with van der Waals surface area (Å²) in [6.07, 6.45) is 0.914. The summed E-state index contributed by atoms with van der Waals surface area (Å²) < 4.78 is 5.20. The molecular formula is C23H33IN4O2. The van der Waals surface area contributed by atoms with Crippen molar-refractivity contribution in [3.8, 4) is 5.75 Å². The van der Waals surface area contributed by atoms with Gasteiger partial charge in [-0.3, -0.25) is 9.79 Å². The fourth-order valence-corrected chi connectivity index (χ4v) is 2.83. The largest absolute Gasteiger partial charge is 0.497 e. The number of halogens is 1. The lowest BCUT2D eigenvalue weighted by atomic mass is 10.1. The van der Waals surface area contributed by atoms with Crippen LogP contribution in [0.15, 0.2) is 53.5 Å². The molecule has 0 saturated carbocycles. The van der Waals surface area contributed by atoms with Crippen molar-refractivity contribution in [1.82, 2.24) is 15.5 Å². The van der Waals surface area contributed by atoms with E-state index in [1.807, 2.05) is 62.5 Å². The minimum atomic E-state index is -0.0334. The van der Waals surface area contributed by atoms with E-state index < -0.39 is 0 Å². The molecule has 7 heteroatoms. The monoisotopic (exact) mass is 524 g/mol. The molecule has 1 atom stereocenters. The highest BCUT2D eigenvalue weighted by molar-refractivity contribution is 14.0. The van der Waals surface area contributed by atoms with Crippen LogP contribution in [0.4, 0.5) is 0 Å². The fourth-order valence-electron chi connectivity index (χ4n) is 2.83. The van der Waals surface area contributed by atoms with E-state index in [1.54, 1.807) is 14.2 Å². The Balaban J connectivity index is 0.00000450. The first-order valence-electron chi connectivity index (χ1n) is 9.91. The minimum Gasteiger partial charge on any atom is -0.497 e. The van der Waals surface area contributed by atoms with Gasteiger partial charge in [0.05, 0.1) is 7.11 Å². The number of rotatable bonds is 8. The van der Waals surface area contributed by atoms with Crippen LogP contribution in [0, 0.1) is 0 Å². The minimum absolute atomic E-state index is 0. The Bertz CT molecular complexity index is 807. The SMILES string of the molecule is CCC(C)NC(=O)c1ccc(CNC(=NC)N(C)Cc2ccc(OC)cc2)cc1.I. The van der Waals surface area contributed by atoms with Gasteiger partial charge in [0, 0.05) is 38.8 Å². The zero-order chi connectivity index (χ0) is 21.2. The lowest BCUT2D eigenvalue weighted by Gasteiger charge is -2.22. The average Bonchev–Trinajstić information content (AvgIpc) is 2.75. The fraction of sp³-hybridized carbons (Fsp3) is 0.391. The van der Waals surface area contributed by atoms with Gasteiger partial charge in [0.15, 0.2) is 5.96 Å². The molecule has 1 amide bonds. The van der Waals surface area contributed by atoms with Crippen molar-refractivity contribution in [2.75, 3.05) is 21.2 Å². The second kappa shape index (κ2) is 13.1. The summed E-state index contributed by atoms with van der Waals surface area (Å²) in [5.41, 5.74) is 2.94. The summed E-state index contributed by atoms with van der Waals surface area (Å²) in [4.78, 5) is 18.6. The third-order valence-electron chi connectivity index (χ3n) is 4.81. The van der Waals surface area contributed by atoms with Crippen molar-refractivity contribution < 1.29 is 9.53 Å². The summed E-state index contributed by atoms with van der Waals surface area (Å²) >= 11 is 0. The molecule has 1 unspecified atom stereocenters. The molecule has 30 heavy (non-hydrogen) atoms. The normalized spacial score (nSPS) is 11.8. The first kappa shape index (κ1) is 25.7. The number of nitrogens with zero attached hydrogens (tertiary/aromatic N) is 2. The average molecular weight is 524 g/mol. The van der Waals surface area contributed by atoms with E-state index in [4.69, 9.17) is 4.74 Å². The van der Waals surface area contributed by atoms with Gasteiger partial charge in [-0.25, -0.2) is 0 Å². The summed E-state index contributed by atoms with van der Waals surface area (Å²) in [5.74, 6) is 1.62. The first-order valence-corrected chi connectivity index (χ1v) is 9.91. The lowest BCUT2D eigenvalue weighted by Crippen LogP contribution is -2.38. The predicted octanol–water partition coefficient (Wildman–Crippen LogP) is 4.05. The predicted molar refractivity (Wildman–Crippen MR) is 134 cm³/mol. The number of guanidine groups is 1. The van der Waals surface area contributed by atoms with Crippen LogP contribution < -0.4 is 15.4 Å². The molecule has 0 saturated heterocycles. The van der Waals surface area contributed by atoms with Crippen LogP contribution in [0.5, 0.6) is 5.75 Å². The molecule has 2 rings (SSSR count). The van der Waals surface area contributed by atoms with E-state index in [1.165, 1.54) is 5.56 Å². The van der Waals surface area contributed by atoms with Gasteiger partial charge >= 0.3 is 0 Å². The number of ether oxygens (including phenoxy) is 1. The smallest absolute Gasteiger partial charge is 0.251 e. The van der Waals surface area contributed by atoms with Crippen molar-refractivity contribution in [2.45, 2.75) is 39.4 Å². The molecule has 164 valence electrons. The number of amides is 1. The second-order valence-electron chi connectivity index (χ2n) is 7.08. The van der Waals surface area contributed by atoms with E-state index in [-0.39, 0.29) is 35.9 Å². The maximum Gasteiger partial charge on any atom is 0.251 e. The molecule has 0 aliphatic rings. The summed E-state index contributed by atoms with van der Waals surface area (Å²) in [7, 11) is 5.44. The molecule has 0 spiro atoms. The van der Waals surface area contributed by atoms with E-state index in [2.05, 4.69) is 27.4 Å². The number of methoxy groups -OCH3 is 1. The molecule has 0 aromatic heterocycles. The van der Waals surface area contributed by atoms with Crippen molar-refractivity contribution in [2.24, 2.45) is 4.99 Å². The molecule has 2 aromatic carbocycles. The van der Waals surface area contributed by atoms with Gasteiger partial charge in [-0.15, -0.1) is 24.0 Å². The Kier molecular flexibility index (Phi) is 11.2. The highest BCUT2D eigenvalue weighted by atomic mass is 127. The van der Waals surface area contributed by atoms with E-state index in [0.717, 1.165) is 30.2 Å². The number of hydrogen-bond donors (Lipinski definition) is 2. The first-order chi connectivity index (χ1) is 14.0. The van der Waals surface area contributed by atoms with Crippen LogP contribution in [-0.4, -0.2) is 44.0 Å². The van der Waals surface area contributed by atoms with E-state index in [9.17, 15) is 4.79 Å². The van der Waals surface area contributed by atoms with Crippen LogP contribution in [-0.2, 0) is 13.1 Å². The summed E-state index contributed by atoms with van der Waals surface area (Å²) in [5, 5.41) is 6.35.